The highest BCUT2D eigenvalue weighted by Crippen LogP contribution is 2.23. The summed E-state index contributed by atoms with van der Waals surface area (Å²) in [7, 11) is 0. The van der Waals surface area contributed by atoms with Crippen LogP contribution in [-0.4, -0.2) is 10.9 Å². The highest BCUT2D eigenvalue weighted by atomic mass is 35.5. The Morgan fingerprint density at radius 2 is 1.96 bits per heavy atom. The molecule has 1 aromatic heterocycles. The van der Waals surface area contributed by atoms with E-state index in [0.717, 1.165) is 12.1 Å². The van der Waals surface area contributed by atoms with Gasteiger partial charge in [0, 0.05) is 0 Å². The molecular weight excluding hydrogens is 326 g/mol. The molecule has 0 bridgehead atoms. The van der Waals surface area contributed by atoms with E-state index in [9.17, 15) is 13.6 Å². The maximum Gasteiger partial charge on any atom is 0.253 e. The average molecular weight is 337 g/mol. The van der Waals surface area contributed by atoms with Crippen molar-refractivity contribution in [2.45, 2.75) is 13.0 Å². The van der Waals surface area contributed by atoms with Gasteiger partial charge in [-0.05, 0) is 31.2 Å². The summed E-state index contributed by atoms with van der Waals surface area (Å²) in [5, 5.41) is 2.42. The number of nitrogens with zero attached hydrogens (tertiary/aromatic N) is 1. The van der Waals surface area contributed by atoms with Crippen LogP contribution < -0.4 is 5.32 Å². The van der Waals surface area contributed by atoms with Gasteiger partial charge in [-0.2, -0.15) is 0 Å². The van der Waals surface area contributed by atoms with E-state index in [0.29, 0.717) is 17.0 Å². The van der Waals surface area contributed by atoms with Crippen molar-refractivity contribution in [3.63, 3.8) is 0 Å². The van der Waals surface area contributed by atoms with Crippen molar-refractivity contribution in [2.75, 3.05) is 0 Å². The number of fused-ring (bicyclic) bond motifs is 1. The number of oxazole rings is 1. The third-order valence-corrected chi connectivity index (χ3v) is 3.60. The van der Waals surface area contributed by atoms with E-state index >= 15 is 0 Å². The van der Waals surface area contributed by atoms with Crippen molar-refractivity contribution >= 4 is 28.6 Å². The van der Waals surface area contributed by atoms with E-state index in [4.69, 9.17) is 16.0 Å². The molecular formula is C16H11ClF2N2O2. The Hall–Kier alpha value is -2.47. The molecule has 0 aliphatic heterocycles. The second kappa shape index (κ2) is 5.96. The molecule has 3 aromatic rings. The van der Waals surface area contributed by atoms with Crippen LogP contribution in [0.25, 0.3) is 11.1 Å². The number of hydrogen-bond donors (Lipinski definition) is 1. The summed E-state index contributed by atoms with van der Waals surface area (Å²) in [6.45, 7) is 1.66. The Kier molecular flexibility index (Phi) is 4.00. The van der Waals surface area contributed by atoms with Gasteiger partial charge in [0.15, 0.2) is 17.2 Å². The van der Waals surface area contributed by atoms with Gasteiger partial charge in [-0.15, -0.1) is 0 Å². The van der Waals surface area contributed by atoms with Gasteiger partial charge in [-0.25, -0.2) is 13.8 Å². The first-order valence-corrected chi connectivity index (χ1v) is 7.14. The summed E-state index contributed by atoms with van der Waals surface area (Å²) >= 11 is 5.78. The van der Waals surface area contributed by atoms with Crippen LogP contribution in [0.4, 0.5) is 8.78 Å². The standard InChI is InChI=1S/C16H11ClF2N2O2/c1-8(16-21-13-4-2-3-5-14(13)23-16)20-15(22)9-6-11(18)12(19)7-10(9)17/h2-8H,1H3,(H,20,22). The van der Waals surface area contributed by atoms with Gasteiger partial charge < -0.3 is 9.73 Å². The third-order valence-electron chi connectivity index (χ3n) is 3.28. The van der Waals surface area contributed by atoms with Gasteiger partial charge in [-0.1, -0.05) is 23.7 Å². The van der Waals surface area contributed by atoms with Crippen molar-refractivity contribution in [1.82, 2.24) is 10.3 Å². The Morgan fingerprint density at radius 1 is 1.26 bits per heavy atom. The molecule has 0 aliphatic carbocycles. The van der Waals surface area contributed by atoms with Crippen LogP contribution in [0.5, 0.6) is 0 Å². The van der Waals surface area contributed by atoms with Gasteiger partial charge in [0.1, 0.15) is 11.6 Å². The van der Waals surface area contributed by atoms with Crippen molar-refractivity contribution < 1.29 is 18.0 Å². The van der Waals surface area contributed by atoms with E-state index in [-0.39, 0.29) is 10.6 Å². The van der Waals surface area contributed by atoms with E-state index in [1.54, 1.807) is 19.1 Å². The lowest BCUT2D eigenvalue weighted by Gasteiger charge is -2.11. The number of amides is 1. The van der Waals surface area contributed by atoms with Gasteiger partial charge in [-0.3, -0.25) is 4.79 Å². The van der Waals surface area contributed by atoms with Crippen LogP contribution in [0.15, 0.2) is 40.8 Å². The summed E-state index contributed by atoms with van der Waals surface area (Å²) in [6.07, 6.45) is 0. The fourth-order valence-electron chi connectivity index (χ4n) is 2.11. The first-order chi connectivity index (χ1) is 11.0. The number of carbonyl (C=O) groups is 1. The van der Waals surface area contributed by atoms with Crippen molar-refractivity contribution in [2.24, 2.45) is 0 Å². The van der Waals surface area contributed by atoms with Gasteiger partial charge in [0.05, 0.1) is 10.6 Å². The maximum atomic E-state index is 13.3. The molecule has 23 heavy (non-hydrogen) atoms. The zero-order chi connectivity index (χ0) is 16.6. The van der Waals surface area contributed by atoms with Gasteiger partial charge >= 0.3 is 0 Å². The predicted octanol–water partition coefficient (Wildman–Crippen LogP) is 4.25. The molecule has 3 rings (SSSR count). The number of halogens is 3. The second-order valence-electron chi connectivity index (χ2n) is 4.96. The molecule has 0 spiro atoms. The molecule has 2 aromatic carbocycles. The molecule has 1 amide bonds. The monoisotopic (exact) mass is 336 g/mol. The van der Waals surface area contributed by atoms with Crippen LogP contribution in [0.3, 0.4) is 0 Å². The number of benzene rings is 2. The molecule has 0 radical (unpaired) electrons. The lowest BCUT2D eigenvalue weighted by atomic mass is 10.2. The highest BCUT2D eigenvalue weighted by Gasteiger charge is 2.20. The van der Waals surface area contributed by atoms with Crippen LogP contribution >= 0.6 is 11.6 Å². The lowest BCUT2D eigenvalue weighted by Crippen LogP contribution is -2.27. The molecule has 7 heteroatoms. The number of nitrogens with one attached hydrogen (secondary N) is 1. The normalized spacial score (nSPS) is 12.3. The minimum Gasteiger partial charge on any atom is -0.438 e. The van der Waals surface area contributed by atoms with Crippen LogP contribution in [0.1, 0.15) is 29.2 Å². The molecule has 4 nitrogen and oxygen atoms in total. The van der Waals surface area contributed by atoms with Crippen LogP contribution in [-0.2, 0) is 0 Å². The third kappa shape index (κ3) is 3.03. The van der Waals surface area contributed by atoms with Gasteiger partial charge in [0.25, 0.3) is 5.91 Å². The van der Waals surface area contributed by atoms with Crippen LogP contribution in [0.2, 0.25) is 5.02 Å². The van der Waals surface area contributed by atoms with E-state index in [1.165, 1.54) is 0 Å². The van der Waals surface area contributed by atoms with Crippen molar-refractivity contribution in [3.8, 4) is 0 Å². The summed E-state index contributed by atoms with van der Waals surface area (Å²) in [5.74, 6) is -2.60. The topological polar surface area (TPSA) is 55.1 Å². The smallest absolute Gasteiger partial charge is 0.253 e. The van der Waals surface area contributed by atoms with Crippen molar-refractivity contribution in [3.05, 3.63) is 64.5 Å². The first kappa shape index (κ1) is 15.4. The molecule has 0 saturated carbocycles. The zero-order valence-electron chi connectivity index (χ0n) is 11.9. The first-order valence-electron chi connectivity index (χ1n) is 6.76. The molecule has 0 aliphatic rings. The fourth-order valence-corrected chi connectivity index (χ4v) is 2.34. The number of hydrogen-bond acceptors (Lipinski definition) is 3. The van der Waals surface area contributed by atoms with Crippen molar-refractivity contribution in [1.29, 1.82) is 0 Å². The minimum absolute atomic E-state index is 0.159. The van der Waals surface area contributed by atoms with E-state index < -0.39 is 23.6 Å². The Bertz CT molecular complexity index is 862. The average Bonchev–Trinajstić information content (AvgIpc) is 2.95. The second-order valence-corrected chi connectivity index (χ2v) is 5.37. The molecule has 1 N–H and O–H groups in total. The Labute approximate surface area is 135 Å². The number of rotatable bonds is 3. The summed E-state index contributed by atoms with van der Waals surface area (Å²) in [5.41, 5.74) is 1.09. The minimum atomic E-state index is -1.14. The molecule has 118 valence electrons. The van der Waals surface area contributed by atoms with E-state index in [1.807, 2.05) is 12.1 Å². The quantitative estimate of drug-likeness (QED) is 0.727. The highest BCUT2D eigenvalue weighted by molar-refractivity contribution is 6.33. The number of para-hydroxylation sites is 2. The summed E-state index contributed by atoms with van der Waals surface area (Å²) in [4.78, 5) is 16.4. The molecule has 0 saturated heterocycles. The maximum absolute atomic E-state index is 13.3. The molecule has 0 fully saturated rings. The largest absolute Gasteiger partial charge is 0.438 e. The predicted molar refractivity (Wildman–Crippen MR) is 81.3 cm³/mol. The van der Waals surface area contributed by atoms with Gasteiger partial charge in [0.2, 0.25) is 5.89 Å². The van der Waals surface area contributed by atoms with Crippen LogP contribution in [0, 0.1) is 11.6 Å². The fraction of sp³-hybridized carbons (Fsp3) is 0.125. The number of carbonyl (C=O) groups excluding carboxylic acids is 1. The number of aromatic nitrogens is 1. The summed E-state index contributed by atoms with van der Waals surface area (Å²) in [6, 6.07) is 8.11. The Balaban J connectivity index is 1.83. The zero-order valence-corrected chi connectivity index (χ0v) is 12.7. The summed E-state index contributed by atoms with van der Waals surface area (Å²) < 4.78 is 31.9. The molecule has 1 heterocycles. The Morgan fingerprint density at radius 3 is 2.70 bits per heavy atom. The molecule has 1 unspecified atom stereocenters. The van der Waals surface area contributed by atoms with E-state index in [2.05, 4.69) is 10.3 Å². The lowest BCUT2D eigenvalue weighted by molar-refractivity contribution is 0.0934. The SMILES string of the molecule is CC(NC(=O)c1cc(F)c(F)cc1Cl)c1nc2ccccc2o1. The molecule has 1 atom stereocenters.